The van der Waals surface area contributed by atoms with E-state index in [-0.39, 0.29) is 0 Å². The summed E-state index contributed by atoms with van der Waals surface area (Å²) in [4.78, 5) is 0. The Morgan fingerprint density at radius 3 is 3.00 bits per heavy atom. The summed E-state index contributed by atoms with van der Waals surface area (Å²) in [7, 11) is 0. The van der Waals surface area contributed by atoms with Gasteiger partial charge in [-0.15, -0.1) is 0 Å². The number of hydrogen-bond donors (Lipinski definition) is 0. The standard InChI is InChI=1S/C19H28/c1-13-11-18-17-8-7-14-5-3-4-6-15(14)16(17)9-10-19(18,2)12-13/h5,15-18H,1,3-4,6-12H2,2H3/t15-,16+,17+,18-,19+/m0/s1. The van der Waals surface area contributed by atoms with E-state index in [1.807, 2.05) is 5.57 Å². The van der Waals surface area contributed by atoms with Crippen molar-refractivity contribution in [1.29, 1.82) is 0 Å². The summed E-state index contributed by atoms with van der Waals surface area (Å²) in [6.45, 7) is 6.90. The van der Waals surface area contributed by atoms with Crippen molar-refractivity contribution in [3.63, 3.8) is 0 Å². The smallest absolute Gasteiger partial charge is 0.0172 e. The molecule has 0 aliphatic heterocycles. The Kier molecular flexibility index (Phi) is 2.73. The second-order valence-corrected chi connectivity index (χ2v) is 8.11. The molecular weight excluding hydrogens is 228 g/mol. The maximum absolute atomic E-state index is 4.33. The highest BCUT2D eigenvalue weighted by Crippen LogP contribution is 2.62. The van der Waals surface area contributed by atoms with Gasteiger partial charge in [0.1, 0.15) is 0 Å². The molecule has 4 aliphatic rings. The van der Waals surface area contributed by atoms with Crippen LogP contribution in [0.4, 0.5) is 0 Å². The summed E-state index contributed by atoms with van der Waals surface area (Å²) in [5, 5.41) is 0. The third kappa shape index (κ3) is 1.78. The van der Waals surface area contributed by atoms with Gasteiger partial charge in [-0.2, -0.15) is 0 Å². The first-order valence-corrected chi connectivity index (χ1v) is 8.53. The summed E-state index contributed by atoms with van der Waals surface area (Å²) in [5.74, 6) is 4.01. The van der Waals surface area contributed by atoms with Crippen LogP contribution in [-0.2, 0) is 0 Å². The second kappa shape index (κ2) is 4.24. The molecule has 4 aliphatic carbocycles. The van der Waals surface area contributed by atoms with E-state index in [1.54, 1.807) is 5.57 Å². The maximum Gasteiger partial charge on any atom is -0.0172 e. The molecule has 4 rings (SSSR count). The molecule has 0 N–H and O–H groups in total. The van der Waals surface area contributed by atoms with Gasteiger partial charge in [0.2, 0.25) is 0 Å². The van der Waals surface area contributed by atoms with Crippen molar-refractivity contribution >= 4 is 0 Å². The van der Waals surface area contributed by atoms with Crippen molar-refractivity contribution in [2.24, 2.45) is 29.1 Å². The number of hydrogen-bond acceptors (Lipinski definition) is 0. The Hall–Kier alpha value is -0.520. The molecule has 19 heavy (non-hydrogen) atoms. The van der Waals surface area contributed by atoms with Gasteiger partial charge >= 0.3 is 0 Å². The lowest BCUT2D eigenvalue weighted by Gasteiger charge is -2.52. The van der Waals surface area contributed by atoms with E-state index in [1.165, 1.54) is 57.8 Å². The SMILES string of the molecule is C=C1C[C@H]2[C@@H]3CCC4=CCCC[C@@H]4[C@H]3CC[C@]2(C)C1. The van der Waals surface area contributed by atoms with Crippen LogP contribution in [0.5, 0.6) is 0 Å². The van der Waals surface area contributed by atoms with E-state index in [0.717, 1.165) is 23.7 Å². The van der Waals surface area contributed by atoms with Gasteiger partial charge in [0.05, 0.1) is 0 Å². The quantitative estimate of drug-likeness (QED) is 0.502. The fourth-order valence-corrected chi connectivity index (χ4v) is 6.27. The van der Waals surface area contributed by atoms with Crippen LogP contribution in [0.2, 0.25) is 0 Å². The van der Waals surface area contributed by atoms with E-state index in [4.69, 9.17) is 0 Å². The predicted molar refractivity (Wildman–Crippen MR) is 80.8 cm³/mol. The molecule has 0 amide bonds. The Labute approximate surface area is 118 Å². The van der Waals surface area contributed by atoms with Crippen molar-refractivity contribution < 1.29 is 0 Å². The van der Waals surface area contributed by atoms with Crippen LogP contribution in [0.15, 0.2) is 23.8 Å². The first-order valence-electron chi connectivity index (χ1n) is 8.53. The van der Waals surface area contributed by atoms with Crippen LogP contribution in [0, 0.1) is 29.1 Å². The van der Waals surface area contributed by atoms with Crippen molar-refractivity contribution in [3.8, 4) is 0 Å². The van der Waals surface area contributed by atoms with Crippen LogP contribution >= 0.6 is 0 Å². The minimum atomic E-state index is 0.619. The number of allylic oxidation sites excluding steroid dienone is 3. The minimum absolute atomic E-state index is 0.619. The van der Waals surface area contributed by atoms with Gasteiger partial charge in [0.15, 0.2) is 0 Å². The lowest BCUT2D eigenvalue weighted by atomic mass is 9.52. The molecule has 5 atom stereocenters. The summed E-state index contributed by atoms with van der Waals surface area (Å²) in [5.41, 5.74) is 4.03. The topological polar surface area (TPSA) is 0 Å². The maximum atomic E-state index is 4.33. The summed E-state index contributed by atoms with van der Waals surface area (Å²) >= 11 is 0. The van der Waals surface area contributed by atoms with E-state index < -0.39 is 0 Å². The van der Waals surface area contributed by atoms with E-state index in [0.29, 0.717) is 5.41 Å². The first kappa shape index (κ1) is 12.2. The van der Waals surface area contributed by atoms with Crippen molar-refractivity contribution in [3.05, 3.63) is 23.8 Å². The van der Waals surface area contributed by atoms with Gasteiger partial charge < -0.3 is 0 Å². The van der Waals surface area contributed by atoms with E-state index in [9.17, 15) is 0 Å². The lowest BCUT2D eigenvalue weighted by molar-refractivity contribution is -0.00114. The van der Waals surface area contributed by atoms with E-state index in [2.05, 4.69) is 19.6 Å². The molecule has 104 valence electrons. The van der Waals surface area contributed by atoms with Crippen LogP contribution in [0.25, 0.3) is 0 Å². The molecule has 0 unspecified atom stereocenters. The Morgan fingerprint density at radius 1 is 1.21 bits per heavy atom. The van der Waals surface area contributed by atoms with Gasteiger partial charge in [-0.05, 0) is 86.9 Å². The van der Waals surface area contributed by atoms with Crippen molar-refractivity contribution in [2.45, 2.75) is 64.7 Å². The molecule has 3 saturated carbocycles. The van der Waals surface area contributed by atoms with Gasteiger partial charge in [-0.1, -0.05) is 30.7 Å². The van der Waals surface area contributed by atoms with E-state index >= 15 is 0 Å². The molecule has 3 fully saturated rings. The summed E-state index contributed by atoms with van der Waals surface area (Å²) in [6, 6.07) is 0. The Balaban J connectivity index is 1.64. The van der Waals surface area contributed by atoms with Crippen LogP contribution in [0.1, 0.15) is 64.7 Å². The monoisotopic (exact) mass is 256 g/mol. The first-order chi connectivity index (χ1) is 9.17. The third-order valence-electron chi connectivity index (χ3n) is 7.06. The second-order valence-electron chi connectivity index (χ2n) is 8.11. The molecule has 0 aromatic rings. The van der Waals surface area contributed by atoms with Crippen LogP contribution in [0.3, 0.4) is 0 Å². The predicted octanol–water partition coefficient (Wildman–Crippen LogP) is 5.51. The summed E-state index contributed by atoms with van der Waals surface area (Å²) in [6.07, 6.45) is 15.5. The fraction of sp³-hybridized carbons (Fsp3) is 0.789. The molecule has 0 nitrogen and oxygen atoms in total. The zero-order valence-corrected chi connectivity index (χ0v) is 12.5. The third-order valence-corrected chi connectivity index (χ3v) is 7.06. The fourth-order valence-electron chi connectivity index (χ4n) is 6.27. The zero-order chi connectivity index (χ0) is 13.0. The molecule has 0 heterocycles. The highest BCUT2D eigenvalue weighted by Gasteiger charge is 2.52. The Morgan fingerprint density at radius 2 is 2.11 bits per heavy atom. The molecule has 0 aromatic heterocycles. The van der Waals surface area contributed by atoms with Gasteiger partial charge in [0.25, 0.3) is 0 Å². The minimum Gasteiger partial charge on any atom is -0.0998 e. The lowest BCUT2D eigenvalue weighted by Crippen LogP contribution is -2.44. The molecule has 0 aromatic carbocycles. The van der Waals surface area contributed by atoms with Crippen LogP contribution in [-0.4, -0.2) is 0 Å². The van der Waals surface area contributed by atoms with Crippen molar-refractivity contribution in [1.82, 2.24) is 0 Å². The summed E-state index contributed by atoms with van der Waals surface area (Å²) < 4.78 is 0. The molecule has 0 heteroatoms. The molecule has 0 radical (unpaired) electrons. The molecular formula is C19H28. The number of fused-ring (bicyclic) bond motifs is 5. The number of rotatable bonds is 0. The Bertz CT molecular complexity index is 429. The highest BCUT2D eigenvalue weighted by molar-refractivity contribution is 5.20. The van der Waals surface area contributed by atoms with Gasteiger partial charge in [-0.3, -0.25) is 0 Å². The van der Waals surface area contributed by atoms with Gasteiger partial charge in [0, 0.05) is 0 Å². The molecule has 0 bridgehead atoms. The molecule has 0 spiro atoms. The molecule has 0 saturated heterocycles. The largest absolute Gasteiger partial charge is 0.0998 e. The normalized spacial score (nSPS) is 49.1. The van der Waals surface area contributed by atoms with Crippen LogP contribution < -0.4 is 0 Å². The average molecular weight is 256 g/mol. The zero-order valence-electron chi connectivity index (χ0n) is 12.5. The van der Waals surface area contributed by atoms with Gasteiger partial charge in [-0.25, -0.2) is 0 Å². The highest BCUT2D eigenvalue weighted by atomic mass is 14.6. The average Bonchev–Trinajstić information content (AvgIpc) is 2.73. The van der Waals surface area contributed by atoms with Crippen molar-refractivity contribution in [2.75, 3.05) is 0 Å².